The van der Waals surface area contributed by atoms with E-state index in [0.29, 0.717) is 29.3 Å². The van der Waals surface area contributed by atoms with Crippen LogP contribution in [0, 0.1) is 5.92 Å². The van der Waals surface area contributed by atoms with Crippen molar-refractivity contribution in [3.63, 3.8) is 0 Å². The maximum Gasteiger partial charge on any atom is 0.224 e. The third kappa shape index (κ3) is 5.92. The molecule has 0 saturated heterocycles. The molecular formula is C16H19N3O2S3. The number of nitrogens with zero attached hydrogens (tertiary/aromatic N) is 2. The standard InChI is InChI=1S/C16H19N3O2S3/c1-10(2)8-14(21)17-12-6-4-11(5-7-12)13(20)9-23-16-19-18-15(22-3)24-16/h4-7,10H,8-9H2,1-3H3,(H,17,21). The van der Waals surface area contributed by atoms with Crippen LogP contribution in [-0.4, -0.2) is 33.9 Å². The molecule has 128 valence electrons. The lowest BCUT2D eigenvalue weighted by atomic mass is 10.1. The van der Waals surface area contributed by atoms with Gasteiger partial charge in [0, 0.05) is 17.7 Å². The average molecular weight is 382 g/mol. The highest BCUT2D eigenvalue weighted by atomic mass is 32.2. The van der Waals surface area contributed by atoms with E-state index in [2.05, 4.69) is 15.5 Å². The van der Waals surface area contributed by atoms with Crippen LogP contribution in [0.1, 0.15) is 30.6 Å². The third-order valence-corrected chi connectivity index (χ3v) is 6.01. The highest BCUT2D eigenvalue weighted by Gasteiger charge is 2.11. The summed E-state index contributed by atoms with van der Waals surface area (Å²) in [5, 5.41) is 10.9. The molecule has 2 rings (SSSR count). The van der Waals surface area contributed by atoms with Crippen LogP contribution in [0.25, 0.3) is 0 Å². The van der Waals surface area contributed by atoms with Crippen molar-refractivity contribution in [1.82, 2.24) is 10.2 Å². The number of rotatable bonds is 8. The second kappa shape index (κ2) is 9.19. The van der Waals surface area contributed by atoms with Gasteiger partial charge in [-0.15, -0.1) is 10.2 Å². The maximum absolute atomic E-state index is 12.2. The number of thioether (sulfide) groups is 2. The zero-order valence-electron chi connectivity index (χ0n) is 13.7. The number of aromatic nitrogens is 2. The third-order valence-electron chi connectivity index (χ3n) is 2.97. The number of Topliss-reactive ketones (excluding diaryl/α,β-unsaturated/α-hetero) is 1. The quantitative estimate of drug-likeness (QED) is 0.545. The number of ketones is 1. The van der Waals surface area contributed by atoms with Crippen molar-refractivity contribution in [3.05, 3.63) is 29.8 Å². The van der Waals surface area contributed by atoms with E-state index in [4.69, 9.17) is 0 Å². The Balaban J connectivity index is 1.87. The largest absolute Gasteiger partial charge is 0.326 e. The van der Waals surface area contributed by atoms with Crippen LogP contribution in [0.5, 0.6) is 0 Å². The molecular weight excluding hydrogens is 362 g/mol. The van der Waals surface area contributed by atoms with Gasteiger partial charge in [0.2, 0.25) is 5.91 Å². The maximum atomic E-state index is 12.2. The molecule has 0 atom stereocenters. The minimum atomic E-state index is -0.0134. The molecule has 0 radical (unpaired) electrons. The molecule has 0 unspecified atom stereocenters. The molecule has 8 heteroatoms. The number of anilines is 1. The summed E-state index contributed by atoms with van der Waals surface area (Å²) >= 11 is 4.42. The SMILES string of the molecule is CSc1nnc(SCC(=O)c2ccc(NC(=O)CC(C)C)cc2)s1. The van der Waals surface area contributed by atoms with Crippen LogP contribution in [0.4, 0.5) is 5.69 Å². The summed E-state index contributed by atoms with van der Waals surface area (Å²) in [5.41, 5.74) is 1.33. The van der Waals surface area contributed by atoms with Gasteiger partial charge in [0.15, 0.2) is 14.5 Å². The van der Waals surface area contributed by atoms with Gasteiger partial charge >= 0.3 is 0 Å². The van der Waals surface area contributed by atoms with E-state index in [9.17, 15) is 9.59 Å². The number of carbonyl (C=O) groups excluding carboxylic acids is 2. The average Bonchev–Trinajstić information content (AvgIpc) is 3.00. The Labute approximate surface area is 154 Å². The van der Waals surface area contributed by atoms with E-state index in [-0.39, 0.29) is 11.7 Å². The first kappa shape index (κ1) is 19.0. The molecule has 1 amide bonds. The van der Waals surface area contributed by atoms with E-state index in [1.54, 1.807) is 36.0 Å². The predicted octanol–water partition coefficient (Wildman–Crippen LogP) is 4.22. The topological polar surface area (TPSA) is 72.0 Å². The Morgan fingerprint density at radius 1 is 1.17 bits per heavy atom. The minimum Gasteiger partial charge on any atom is -0.326 e. The fourth-order valence-electron chi connectivity index (χ4n) is 1.87. The summed E-state index contributed by atoms with van der Waals surface area (Å²) < 4.78 is 1.69. The van der Waals surface area contributed by atoms with Crippen molar-refractivity contribution >= 4 is 52.2 Å². The lowest BCUT2D eigenvalue weighted by Crippen LogP contribution is -2.14. The summed E-state index contributed by atoms with van der Waals surface area (Å²) in [5.74, 6) is 0.651. The monoisotopic (exact) mass is 381 g/mol. The molecule has 0 aliphatic heterocycles. The smallest absolute Gasteiger partial charge is 0.224 e. The second-order valence-electron chi connectivity index (χ2n) is 5.47. The zero-order chi connectivity index (χ0) is 17.5. The molecule has 5 nitrogen and oxygen atoms in total. The van der Waals surface area contributed by atoms with Crippen LogP contribution in [0.3, 0.4) is 0 Å². The zero-order valence-corrected chi connectivity index (χ0v) is 16.2. The number of carbonyl (C=O) groups is 2. The van der Waals surface area contributed by atoms with Crippen molar-refractivity contribution in [2.24, 2.45) is 5.92 Å². The fraction of sp³-hybridized carbons (Fsp3) is 0.375. The van der Waals surface area contributed by atoms with Gasteiger partial charge in [0.1, 0.15) is 0 Å². The highest BCUT2D eigenvalue weighted by molar-refractivity contribution is 8.03. The fourth-order valence-corrected chi connectivity index (χ4v) is 4.20. The number of nitrogens with one attached hydrogen (secondary N) is 1. The van der Waals surface area contributed by atoms with Gasteiger partial charge < -0.3 is 5.32 Å². The Morgan fingerprint density at radius 2 is 1.83 bits per heavy atom. The molecule has 0 saturated carbocycles. The van der Waals surface area contributed by atoms with Crippen molar-refractivity contribution in [2.45, 2.75) is 28.9 Å². The van der Waals surface area contributed by atoms with Crippen molar-refractivity contribution in [2.75, 3.05) is 17.3 Å². The number of hydrogen-bond donors (Lipinski definition) is 1. The van der Waals surface area contributed by atoms with Crippen molar-refractivity contribution < 1.29 is 9.59 Å². The molecule has 0 bridgehead atoms. The Bertz CT molecular complexity index is 699. The molecule has 0 aliphatic carbocycles. The molecule has 0 aliphatic rings. The molecule has 1 heterocycles. The molecule has 0 fully saturated rings. The van der Waals surface area contributed by atoms with Crippen LogP contribution in [0.15, 0.2) is 32.9 Å². The lowest BCUT2D eigenvalue weighted by Gasteiger charge is -2.07. The van der Waals surface area contributed by atoms with E-state index < -0.39 is 0 Å². The van der Waals surface area contributed by atoms with Gasteiger partial charge in [-0.2, -0.15) is 0 Å². The Morgan fingerprint density at radius 3 is 2.42 bits per heavy atom. The summed E-state index contributed by atoms with van der Waals surface area (Å²) in [7, 11) is 0. The van der Waals surface area contributed by atoms with E-state index in [0.717, 1.165) is 8.68 Å². The van der Waals surface area contributed by atoms with E-state index in [1.165, 1.54) is 23.1 Å². The summed E-state index contributed by atoms with van der Waals surface area (Å²) in [6.45, 7) is 4.00. The minimum absolute atomic E-state index is 0.0134. The first-order valence-electron chi connectivity index (χ1n) is 7.41. The van der Waals surface area contributed by atoms with Gasteiger partial charge in [0.25, 0.3) is 0 Å². The first-order valence-corrected chi connectivity index (χ1v) is 10.4. The number of amides is 1. The molecule has 24 heavy (non-hydrogen) atoms. The van der Waals surface area contributed by atoms with Crippen molar-refractivity contribution in [1.29, 1.82) is 0 Å². The lowest BCUT2D eigenvalue weighted by molar-refractivity contribution is -0.116. The van der Waals surface area contributed by atoms with E-state index in [1.807, 2.05) is 20.1 Å². The van der Waals surface area contributed by atoms with Gasteiger partial charge in [0.05, 0.1) is 5.75 Å². The van der Waals surface area contributed by atoms with E-state index >= 15 is 0 Å². The normalized spacial score (nSPS) is 10.8. The summed E-state index contributed by atoms with van der Waals surface area (Å²) in [4.78, 5) is 23.9. The molecule has 2 aromatic rings. The predicted molar refractivity (Wildman–Crippen MR) is 101 cm³/mol. The number of hydrogen-bond acceptors (Lipinski definition) is 7. The molecule has 0 spiro atoms. The van der Waals surface area contributed by atoms with Gasteiger partial charge in [-0.1, -0.05) is 48.7 Å². The molecule has 1 aromatic carbocycles. The molecule has 1 aromatic heterocycles. The van der Waals surface area contributed by atoms with Crippen molar-refractivity contribution in [3.8, 4) is 0 Å². The first-order chi connectivity index (χ1) is 11.5. The summed E-state index contributed by atoms with van der Waals surface area (Å²) in [6.07, 6.45) is 2.43. The molecule has 1 N–H and O–H groups in total. The summed E-state index contributed by atoms with van der Waals surface area (Å²) in [6, 6.07) is 6.99. The Hall–Kier alpha value is -1.38. The van der Waals surface area contributed by atoms with Crippen LogP contribution < -0.4 is 5.32 Å². The van der Waals surface area contributed by atoms with Gasteiger partial charge in [-0.25, -0.2) is 0 Å². The van der Waals surface area contributed by atoms with Gasteiger partial charge in [-0.3, -0.25) is 9.59 Å². The Kier molecular flexibility index (Phi) is 7.26. The van der Waals surface area contributed by atoms with Gasteiger partial charge in [-0.05, 0) is 36.4 Å². The van der Waals surface area contributed by atoms with Crippen LogP contribution in [0.2, 0.25) is 0 Å². The van der Waals surface area contributed by atoms with Crippen LogP contribution in [-0.2, 0) is 4.79 Å². The number of benzene rings is 1. The second-order valence-corrected chi connectivity index (χ2v) is 8.73. The highest BCUT2D eigenvalue weighted by Crippen LogP contribution is 2.27. The van der Waals surface area contributed by atoms with Crippen LogP contribution >= 0.6 is 34.9 Å².